The van der Waals surface area contributed by atoms with Gasteiger partial charge in [-0.1, -0.05) is 29.0 Å². The van der Waals surface area contributed by atoms with Gasteiger partial charge in [0.25, 0.3) is 0 Å². The van der Waals surface area contributed by atoms with Crippen molar-refractivity contribution in [2.24, 2.45) is 0 Å². The number of benzene rings is 2. The number of methoxy groups -OCH3 is 1. The zero-order chi connectivity index (χ0) is 24.3. The fourth-order valence-electron chi connectivity index (χ4n) is 3.27. The monoisotopic (exact) mass is 519 g/mol. The molecule has 0 N–H and O–H groups in total. The number of pyridine rings is 1. The highest BCUT2D eigenvalue weighted by Gasteiger charge is 2.25. The zero-order valence-corrected chi connectivity index (χ0v) is 20.3. The van der Waals surface area contributed by atoms with Crippen molar-refractivity contribution in [3.05, 3.63) is 77.3 Å². The fraction of sp³-hybridized carbons (Fsp3) is 0.174. The van der Waals surface area contributed by atoms with Gasteiger partial charge in [-0.15, -0.1) is 0 Å². The second-order valence-electron chi connectivity index (χ2n) is 7.29. The van der Waals surface area contributed by atoms with Crippen LogP contribution in [0.3, 0.4) is 0 Å². The van der Waals surface area contributed by atoms with Gasteiger partial charge < -0.3 is 4.74 Å². The summed E-state index contributed by atoms with van der Waals surface area (Å²) >= 11 is 7.55. The Hall–Kier alpha value is -3.08. The summed E-state index contributed by atoms with van der Waals surface area (Å²) in [4.78, 5) is 23.3. The molecule has 0 aliphatic carbocycles. The molecule has 2 heterocycles. The Morgan fingerprint density at radius 2 is 1.94 bits per heavy atom. The van der Waals surface area contributed by atoms with Crippen LogP contribution in [0.15, 0.2) is 65.8 Å². The molecule has 176 valence electrons. The summed E-state index contributed by atoms with van der Waals surface area (Å²) in [5.74, 6) is -0.906. The van der Waals surface area contributed by atoms with E-state index < -0.39 is 27.3 Å². The number of sulfone groups is 1. The average Bonchev–Trinajstić information content (AvgIpc) is 3.28. The van der Waals surface area contributed by atoms with Crippen LogP contribution in [0.2, 0.25) is 5.02 Å². The lowest BCUT2D eigenvalue weighted by atomic mass is 10.2. The molecule has 4 rings (SSSR count). The van der Waals surface area contributed by atoms with Crippen molar-refractivity contribution < 1.29 is 22.3 Å². The number of rotatable bonds is 8. The summed E-state index contributed by atoms with van der Waals surface area (Å²) in [6.07, 6.45) is 2.95. The topological polar surface area (TPSA) is 89.5 Å². The lowest BCUT2D eigenvalue weighted by molar-refractivity contribution is -0.118. The molecular weight excluding hydrogens is 501 g/mol. The number of carbonyl (C=O) groups excluding carboxylic acids is 1. The molecule has 0 aliphatic heterocycles. The van der Waals surface area contributed by atoms with Crippen LogP contribution in [-0.2, 0) is 21.2 Å². The molecule has 2 aromatic carbocycles. The molecular formula is C23H19ClFN3O4S2. The molecule has 1 amide bonds. The van der Waals surface area contributed by atoms with E-state index in [4.69, 9.17) is 16.3 Å². The van der Waals surface area contributed by atoms with Crippen LogP contribution >= 0.6 is 22.9 Å². The number of hydrogen-bond acceptors (Lipinski definition) is 7. The van der Waals surface area contributed by atoms with Crippen molar-refractivity contribution in [3.8, 4) is 5.75 Å². The number of nitrogens with zero attached hydrogens (tertiary/aromatic N) is 3. The lowest BCUT2D eigenvalue weighted by Crippen LogP contribution is -2.31. The molecule has 4 aromatic rings. The number of hydrogen-bond donors (Lipinski definition) is 0. The maximum absolute atomic E-state index is 13.3. The molecule has 11 heteroatoms. The Bertz CT molecular complexity index is 1430. The van der Waals surface area contributed by atoms with Crippen molar-refractivity contribution in [3.63, 3.8) is 0 Å². The molecule has 0 saturated carbocycles. The Labute approximate surface area is 204 Å². The van der Waals surface area contributed by atoms with Crippen LogP contribution in [0, 0.1) is 5.82 Å². The van der Waals surface area contributed by atoms with Crippen molar-refractivity contribution in [2.75, 3.05) is 17.8 Å². The fourth-order valence-corrected chi connectivity index (χ4v) is 5.78. The Morgan fingerprint density at radius 3 is 2.62 bits per heavy atom. The number of amides is 1. The quantitative estimate of drug-likeness (QED) is 0.308. The number of anilines is 1. The van der Waals surface area contributed by atoms with Crippen molar-refractivity contribution >= 4 is 54.0 Å². The Kier molecular flexibility index (Phi) is 7.11. The molecule has 0 saturated heterocycles. The molecule has 0 bridgehead atoms. The third-order valence-electron chi connectivity index (χ3n) is 5.02. The van der Waals surface area contributed by atoms with E-state index in [1.807, 2.05) is 6.07 Å². The average molecular weight is 520 g/mol. The summed E-state index contributed by atoms with van der Waals surface area (Å²) < 4.78 is 44.6. The van der Waals surface area contributed by atoms with E-state index in [0.29, 0.717) is 26.1 Å². The Balaban J connectivity index is 1.65. The number of ether oxygens (including phenoxy) is 1. The van der Waals surface area contributed by atoms with Gasteiger partial charge in [0.1, 0.15) is 17.1 Å². The van der Waals surface area contributed by atoms with Crippen LogP contribution in [0.1, 0.15) is 12.0 Å². The normalized spacial score (nSPS) is 11.5. The summed E-state index contributed by atoms with van der Waals surface area (Å²) in [6.45, 7) is 0.142. The van der Waals surface area contributed by atoms with Crippen molar-refractivity contribution in [1.82, 2.24) is 9.97 Å². The molecule has 2 aromatic heterocycles. The minimum absolute atomic E-state index is 0.0444. The largest absolute Gasteiger partial charge is 0.494 e. The molecule has 0 aliphatic rings. The van der Waals surface area contributed by atoms with E-state index in [-0.39, 0.29) is 17.9 Å². The van der Waals surface area contributed by atoms with Crippen LogP contribution in [0.25, 0.3) is 10.2 Å². The summed E-state index contributed by atoms with van der Waals surface area (Å²) in [5.41, 5.74) is 1.26. The van der Waals surface area contributed by atoms with Gasteiger partial charge in [0, 0.05) is 18.8 Å². The summed E-state index contributed by atoms with van der Waals surface area (Å²) in [7, 11) is -2.27. The molecule has 0 spiro atoms. The highest BCUT2D eigenvalue weighted by molar-refractivity contribution is 7.91. The van der Waals surface area contributed by atoms with E-state index in [0.717, 1.165) is 17.7 Å². The van der Waals surface area contributed by atoms with Gasteiger partial charge in [-0.25, -0.2) is 17.8 Å². The maximum Gasteiger partial charge on any atom is 0.230 e. The first-order valence-electron chi connectivity index (χ1n) is 10.1. The first-order chi connectivity index (χ1) is 16.3. The first-order valence-corrected chi connectivity index (χ1v) is 12.9. The third-order valence-corrected chi connectivity index (χ3v) is 8.29. The zero-order valence-electron chi connectivity index (χ0n) is 17.9. The van der Waals surface area contributed by atoms with Crippen LogP contribution in [-0.4, -0.2) is 37.2 Å². The van der Waals surface area contributed by atoms with E-state index >= 15 is 0 Å². The van der Waals surface area contributed by atoms with Gasteiger partial charge in [-0.3, -0.25) is 14.7 Å². The first kappa shape index (κ1) is 24.1. The molecule has 0 atom stereocenters. The molecule has 0 unspecified atom stereocenters. The second-order valence-corrected chi connectivity index (χ2v) is 10.8. The highest BCUT2D eigenvalue weighted by atomic mass is 35.5. The molecule has 34 heavy (non-hydrogen) atoms. The minimum atomic E-state index is -3.79. The molecule has 0 fully saturated rings. The number of aromatic nitrogens is 2. The van der Waals surface area contributed by atoms with Crippen LogP contribution in [0.4, 0.5) is 9.52 Å². The summed E-state index contributed by atoms with van der Waals surface area (Å²) in [5, 5.41) is 0.821. The predicted octanol–water partition coefficient (Wildman–Crippen LogP) is 4.89. The van der Waals surface area contributed by atoms with E-state index in [1.165, 1.54) is 35.5 Å². The van der Waals surface area contributed by atoms with Crippen LogP contribution < -0.4 is 9.64 Å². The highest BCUT2D eigenvalue weighted by Crippen LogP contribution is 2.39. The van der Waals surface area contributed by atoms with Crippen molar-refractivity contribution in [1.29, 1.82) is 0 Å². The second kappa shape index (κ2) is 10.0. The predicted molar refractivity (Wildman–Crippen MR) is 130 cm³/mol. The SMILES string of the molecule is COc1ccc(Cl)c2sc(N(Cc3cccnc3)C(=O)CCS(=O)(=O)c3ccc(F)cc3)nc12. The van der Waals surface area contributed by atoms with Gasteiger partial charge in [0.2, 0.25) is 5.91 Å². The number of halogens is 2. The number of thiazole rings is 1. The van der Waals surface area contributed by atoms with E-state index in [2.05, 4.69) is 9.97 Å². The van der Waals surface area contributed by atoms with Gasteiger partial charge in [0.15, 0.2) is 15.0 Å². The van der Waals surface area contributed by atoms with Gasteiger partial charge in [-0.2, -0.15) is 0 Å². The van der Waals surface area contributed by atoms with Gasteiger partial charge in [0.05, 0.1) is 34.0 Å². The number of carbonyl (C=O) groups is 1. The number of fused-ring (bicyclic) bond motifs is 1. The van der Waals surface area contributed by atoms with Gasteiger partial charge >= 0.3 is 0 Å². The third kappa shape index (κ3) is 5.19. The van der Waals surface area contributed by atoms with Crippen LogP contribution in [0.5, 0.6) is 5.75 Å². The smallest absolute Gasteiger partial charge is 0.230 e. The standard InChI is InChI=1S/C23H19ClFN3O4S2/c1-32-19-9-8-18(24)22-21(19)27-23(33-22)28(14-15-3-2-11-26-13-15)20(29)10-12-34(30,31)17-6-4-16(25)5-7-17/h2-9,11,13H,10,12,14H2,1H3. The minimum Gasteiger partial charge on any atom is -0.494 e. The molecule has 7 nitrogen and oxygen atoms in total. The lowest BCUT2D eigenvalue weighted by Gasteiger charge is -2.20. The van der Waals surface area contributed by atoms with Gasteiger partial charge in [-0.05, 0) is 48.0 Å². The Morgan fingerprint density at radius 1 is 1.18 bits per heavy atom. The molecule has 0 radical (unpaired) electrons. The maximum atomic E-state index is 13.3. The van der Waals surface area contributed by atoms with E-state index in [1.54, 1.807) is 30.6 Å². The van der Waals surface area contributed by atoms with E-state index in [9.17, 15) is 17.6 Å². The van der Waals surface area contributed by atoms with Crippen molar-refractivity contribution in [2.45, 2.75) is 17.9 Å². The summed E-state index contributed by atoms with van der Waals surface area (Å²) in [6, 6.07) is 11.4.